The first-order valence-electron chi connectivity index (χ1n) is 14.4. The highest BCUT2D eigenvalue weighted by molar-refractivity contribution is 7.91. The van der Waals surface area contributed by atoms with E-state index in [-0.39, 0.29) is 27.8 Å². The standard InChI is InChI=1S/C31H35N7O4S/c1-42-28-19-23(37-16-13-22(14-17-37)38-18-15-24(39)20-38)11-12-26(28)34-30-32-21-33-31(36-30)35-27-9-5-6-10-29(27)43(40,41)25-7-3-2-4-8-25/h2-12,19,21-22,24,39H,13-18,20H2,1H3,(H2,32,33,34,35,36). The Morgan fingerprint density at radius 2 is 1.56 bits per heavy atom. The number of aliphatic hydroxyl groups is 1. The van der Waals surface area contributed by atoms with Crippen LogP contribution in [0, 0.1) is 0 Å². The Morgan fingerprint density at radius 3 is 2.26 bits per heavy atom. The molecule has 2 saturated heterocycles. The molecule has 0 spiro atoms. The highest BCUT2D eigenvalue weighted by Gasteiger charge is 2.30. The number of aromatic nitrogens is 3. The normalized spacial score (nSPS) is 18.0. The molecule has 0 amide bonds. The number of hydrogen-bond donors (Lipinski definition) is 3. The number of nitrogens with one attached hydrogen (secondary N) is 2. The lowest BCUT2D eigenvalue weighted by Gasteiger charge is -2.38. The maximum absolute atomic E-state index is 13.3. The third-order valence-electron chi connectivity index (χ3n) is 8.02. The summed E-state index contributed by atoms with van der Waals surface area (Å²) in [7, 11) is -2.14. The van der Waals surface area contributed by atoms with Gasteiger partial charge in [0.1, 0.15) is 12.1 Å². The van der Waals surface area contributed by atoms with Crippen molar-refractivity contribution in [2.45, 2.75) is 41.2 Å². The SMILES string of the molecule is COc1cc(N2CCC(N3CCC(O)C3)CC2)ccc1Nc1ncnc(Nc2ccccc2S(=O)(=O)c2ccccc2)n1. The molecule has 3 heterocycles. The van der Waals surface area contributed by atoms with Crippen molar-refractivity contribution in [1.82, 2.24) is 19.9 Å². The average Bonchev–Trinajstić information content (AvgIpc) is 3.48. The summed E-state index contributed by atoms with van der Waals surface area (Å²) in [4.78, 5) is 18.0. The van der Waals surface area contributed by atoms with E-state index in [0.29, 0.717) is 23.2 Å². The van der Waals surface area contributed by atoms with Crippen molar-refractivity contribution in [3.05, 3.63) is 79.1 Å². The number of sulfone groups is 1. The number of benzene rings is 3. The van der Waals surface area contributed by atoms with Crippen LogP contribution in [0.3, 0.4) is 0 Å². The molecule has 2 aliphatic rings. The van der Waals surface area contributed by atoms with Crippen LogP contribution in [0.1, 0.15) is 19.3 Å². The zero-order valence-corrected chi connectivity index (χ0v) is 24.7. The highest BCUT2D eigenvalue weighted by atomic mass is 32.2. The summed E-state index contributed by atoms with van der Waals surface area (Å²) in [6, 6.07) is 21.5. The fourth-order valence-corrected chi connectivity index (χ4v) is 7.19. The van der Waals surface area contributed by atoms with Crippen LogP contribution in [0.2, 0.25) is 0 Å². The minimum Gasteiger partial charge on any atom is -0.494 e. The number of hydrogen-bond acceptors (Lipinski definition) is 11. The molecule has 1 atom stereocenters. The lowest BCUT2D eigenvalue weighted by atomic mass is 10.0. The summed E-state index contributed by atoms with van der Waals surface area (Å²) < 4.78 is 32.3. The maximum Gasteiger partial charge on any atom is 0.232 e. The first kappa shape index (κ1) is 28.8. The lowest BCUT2D eigenvalue weighted by molar-refractivity contribution is 0.148. The summed E-state index contributed by atoms with van der Waals surface area (Å²) in [5.74, 6) is 1.12. The van der Waals surface area contributed by atoms with E-state index >= 15 is 0 Å². The van der Waals surface area contributed by atoms with Gasteiger partial charge in [-0.25, -0.2) is 18.4 Å². The molecule has 3 N–H and O–H groups in total. The van der Waals surface area contributed by atoms with Crippen LogP contribution >= 0.6 is 0 Å². The summed E-state index contributed by atoms with van der Waals surface area (Å²) in [6.07, 6.45) is 4.16. The van der Waals surface area contributed by atoms with Crippen LogP contribution in [-0.4, -0.2) is 78.8 Å². The second-order valence-electron chi connectivity index (χ2n) is 10.7. The van der Waals surface area contributed by atoms with Gasteiger partial charge in [-0.05, 0) is 55.7 Å². The van der Waals surface area contributed by atoms with Crippen molar-refractivity contribution in [2.24, 2.45) is 0 Å². The second-order valence-corrected chi connectivity index (χ2v) is 12.7. The van der Waals surface area contributed by atoms with Crippen LogP contribution in [-0.2, 0) is 9.84 Å². The van der Waals surface area contributed by atoms with Crippen molar-refractivity contribution in [3.63, 3.8) is 0 Å². The van der Waals surface area contributed by atoms with E-state index in [0.717, 1.165) is 51.1 Å². The summed E-state index contributed by atoms with van der Waals surface area (Å²) in [5, 5.41) is 16.2. The number of anilines is 5. The van der Waals surface area contributed by atoms with E-state index in [1.54, 1.807) is 61.7 Å². The van der Waals surface area contributed by atoms with Crippen LogP contribution in [0.5, 0.6) is 5.75 Å². The topological polar surface area (TPSA) is 133 Å². The smallest absolute Gasteiger partial charge is 0.232 e. The Hall–Kier alpha value is -4.26. The van der Waals surface area contributed by atoms with Gasteiger partial charge in [0.05, 0.1) is 34.4 Å². The highest BCUT2D eigenvalue weighted by Crippen LogP contribution is 2.34. The van der Waals surface area contributed by atoms with Gasteiger partial charge in [0, 0.05) is 44.0 Å². The quantitative estimate of drug-likeness (QED) is 0.255. The van der Waals surface area contributed by atoms with E-state index in [9.17, 15) is 13.5 Å². The van der Waals surface area contributed by atoms with Crippen molar-refractivity contribution >= 4 is 38.8 Å². The van der Waals surface area contributed by atoms with Crippen molar-refractivity contribution < 1.29 is 18.3 Å². The molecule has 0 radical (unpaired) electrons. The Morgan fingerprint density at radius 1 is 0.860 bits per heavy atom. The van der Waals surface area contributed by atoms with Crippen LogP contribution in [0.15, 0.2) is 88.9 Å². The zero-order valence-electron chi connectivity index (χ0n) is 23.9. The molecule has 4 aromatic rings. The van der Waals surface area contributed by atoms with Crippen LogP contribution in [0.4, 0.5) is 29.0 Å². The van der Waals surface area contributed by atoms with Gasteiger partial charge in [-0.3, -0.25) is 4.90 Å². The molecule has 3 aromatic carbocycles. The second kappa shape index (κ2) is 12.5. The minimum absolute atomic E-state index is 0.121. The number of para-hydroxylation sites is 1. The monoisotopic (exact) mass is 601 g/mol. The van der Waals surface area contributed by atoms with Crippen molar-refractivity contribution in [2.75, 3.05) is 48.8 Å². The summed E-state index contributed by atoms with van der Waals surface area (Å²) in [6.45, 7) is 3.65. The van der Waals surface area contributed by atoms with E-state index in [1.165, 1.54) is 6.33 Å². The summed E-state index contributed by atoms with van der Waals surface area (Å²) >= 11 is 0. The molecule has 0 aliphatic carbocycles. The molecule has 1 aromatic heterocycles. The van der Waals surface area contributed by atoms with Crippen molar-refractivity contribution in [1.29, 1.82) is 0 Å². The van der Waals surface area contributed by atoms with Gasteiger partial charge in [-0.15, -0.1) is 0 Å². The first-order valence-corrected chi connectivity index (χ1v) is 15.9. The first-order chi connectivity index (χ1) is 20.9. The number of aliphatic hydroxyl groups excluding tert-OH is 1. The molecule has 12 heteroatoms. The Bertz CT molecular complexity index is 1660. The number of likely N-dealkylation sites (tertiary alicyclic amines) is 1. The van der Waals surface area contributed by atoms with Gasteiger partial charge in [0.25, 0.3) is 0 Å². The van der Waals surface area contributed by atoms with E-state index < -0.39 is 9.84 Å². The molecule has 6 rings (SSSR count). The third-order valence-corrected chi connectivity index (χ3v) is 9.85. The Kier molecular flexibility index (Phi) is 8.41. The van der Waals surface area contributed by atoms with Gasteiger partial charge in [-0.2, -0.15) is 4.98 Å². The summed E-state index contributed by atoms with van der Waals surface area (Å²) in [5.41, 5.74) is 2.13. The van der Waals surface area contributed by atoms with E-state index in [4.69, 9.17) is 4.74 Å². The number of methoxy groups -OCH3 is 1. The van der Waals surface area contributed by atoms with Crippen LogP contribution < -0.4 is 20.3 Å². The molecule has 0 bridgehead atoms. The number of ether oxygens (including phenoxy) is 1. The van der Waals surface area contributed by atoms with Gasteiger partial charge < -0.3 is 25.4 Å². The molecule has 2 fully saturated rings. The molecule has 11 nitrogen and oxygen atoms in total. The van der Waals surface area contributed by atoms with Crippen LogP contribution in [0.25, 0.3) is 0 Å². The average molecular weight is 602 g/mol. The molecular weight excluding hydrogens is 566 g/mol. The predicted octanol–water partition coefficient (Wildman–Crippen LogP) is 4.24. The Balaban J connectivity index is 1.15. The molecule has 224 valence electrons. The third kappa shape index (κ3) is 6.41. The maximum atomic E-state index is 13.3. The van der Waals surface area contributed by atoms with Gasteiger partial charge in [-0.1, -0.05) is 30.3 Å². The number of nitrogens with zero attached hydrogens (tertiary/aromatic N) is 5. The molecular formula is C31H35N7O4S. The molecule has 0 saturated carbocycles. The largest absolute Gasteiger partial charge is 0.494 e. The number of β-amino-alcohol motifs (C(OH)–C–C–N with tert-alkyl or cyclic N) is 1. The fourth-order valence-electron chi connectivity index (χ4n) is 5.76. The Labute approximate surface area is 251 Å². The molecule has 43 heavy (non-hydrogen) atoms. The van der Waals surface area contributed by atoms with E-state index in [1.807, 2.05) is 12.1 Å². The zero-order chi connectivity index (χ0) is 29.8. The fraction of sp³-hybridized carbons (Fsp3) is 0.323. The lowest BCUT2D eigenvalue weighted by Crippen LogP contribution is -2.44. The van der Waals surface area contributed by atoms with Gasteiger partial charge in [0.15, 0.2) is 0 Å². The van der Waals surface area contributed by atoms with Crippen molar-refractivity contribution in [3.8, 4) is 5.75 Å². The van der Waals surface area contributed by atoms with Gasteiger partial charge in [0.2, 0.25) is 21.7 Å². The molecule has 1 unspecified atom stereocenters. The predicted molar refractivity (Wildman–Crippen MR) is 165 cm³/mol. The number of piperidine rings is 1. The van der Waals surface area contributed by atoms with E-state index in [2.05, 4.69) is 41.5 Å². The minimum atomic E-state index is -3.76. The van der Waals surface area contributed by atoms with Gasteiger partial charge >= 0.3 is 0 Å². The molecule has 2 aliphatic heterocycles. The number of rotatable bonds is 9.